The molecule has 24 heavy (non-hydrogen) atoms. The average molecular weight is 328 g/mol. The highest BCUT2D eigenvalue weighted by molar-refractivity contribution is 5.72. The van der Waals surface area contributed by atoms with Crippen LogP contribution in [0.3, 0.4) is 0 Å². The van der Waals surface area contributed by atoms with Crippen molar-refractivity contribution < 1.29 is 9.53 Å². The van der Waals surface area contributed by atoms with Crippen LogP contribution in [0.2, 0.25) is 0 Å². The van der Waals surface area contributed by atoms with Gasteiger partial charge in [-0.25, -0.2) is 0 Å². The van der Waals surface area contributed by atoms with E-state index in [2.05, 4.69) is 10.2 Å². The first-order valence-electron chi connectivity index (χ1n) is 9.48. The first kappa shape index (κ1) is 16.1. The zero-order chi connectivity index (χ0) is 16.4. The van der Waals surface area contributed by atoms with Gasteiger partial charge in [0.1, 0.15) is 6.61 Å². The predicted molar refractivity (Wildman–Crippen MR) is 93.5 cm³/mol. The summed E-state index contributed by atoms with van der Waals surface area (Å²) in [6.07, 6.45) is 7.19. The van der Waals surface area contributed by atoms with Crippen LogP contribution in [0.1, 0.15) is 44.1 Å². The van der Waals surface area contributed by atoms with Crippen LogP contribution in [0.25, 0.3) is 0 Å². The Balaban J connectivity index is 1.23. The summed E-state index contributed by atoms with van der Waals surface area (Å²) >= 11 is 0. The fraction of sp³-hybridized carbons (Fsp3) is 0.650. The highest BCUT2D eigenvalue weighted by Crippen LogP contribution is 2.32. The van der Waals surface area contributed by atoms with Gasteiger partial charge in [0.15, 0.2) is 0 Å². The number of esters is 1. The number of carbonyl (C=O) groups excluding carboxylic acids is 1. The highest BCUT2D eigenvalue weighted by atomic mass is 16.5. The highest BCUT2D eigenvalue weighted by Gasteiger charge is 2.37. The molecule has 4 heteroatoms. The number of piperidine rings is 2. The Morgan fingerprint density at radius 1 is 1.04 bits per heavy atom. The number of likely N-dealkylation sites (tertiary alicyclic amines) is 1. The smallest absolute Gasteiger partial charge is 0.309 e. The Hall–Kier alpha value is -1.39. The van der Waals surface area contributed by atoms with Crippen LogP contribution in [-0.2, 0) is 16.1 Å². The van der Waals surface area contributed by atoms with Gasteiger partial charge in [-0.1, -0.05) is 30.3 Å². The van der Waals surface area contributed by atoms with E-state index in [0.717, 1.165) is 49.6 Å². The molecule has 2 unspecified atom stereocenters. The maximum atomic E-state index is 12.3. The molecular formula is C20H28N2O2. The molecule has 3 aliphatic rings. The van der Waals surface area contributed by atoms with Crippen LogP contribution in [0, 0.1) is 5.92 Å². The summed E-state index contributed by atoms with van der Waals surface area (Å²) in [6.45, 7) is 2.50. The minimum atomic E-state index is -0.0103. The lowest BCUT2D eigenvalue weighted by Crippen LogP contribution is -2.50. The maximum absolute atomic E-state index is 12.3. The zero-order valence-corrected chi connectivity index (χ0v) is 14.3. The van der Waals surface area contributed by atoms with E-state index in [1.54, 1.807) is 0 Å². The number of nitrogens with zero attached hydrogens (tertiary/aromatic N) is 1. The quantitative estimate of drug-likeness (QED) is 0.863. The molecule has 3 aliphatic heterocycles. The van der Waals surface area contributed by atoms with E-state index >= 15 is 0 Å². The molecule has 1 aromatic carbocycles. The van der Waals surface area contributed by atoms with E-state index in [1.807, 2.05) is 30.3 Å². The van der Waals surface area contributed by atoms with Crippen molar-refractivity contribution in [3.8, 4) is 0 Å². The van der Waals surface area contributed by atoms with Crippen LogP contribution in [0.4, 0.5) is 0 Å². The lowest BCUT2D eigenvalue weighted by Gasteiger charge is -2.41. The molecule has 0 amide bonds. The van der Waals surface area contributed by atoms with E-state index in [1.165, 1.54) is 25.7 Å². The summed E-state index contributed by atoms with van der Waals surface area (Å²) in [4.78, 5) is 14.9. The fourth-order valence-electron chi connectivity index (χ4n) is 4.67. The molecule has 1 aromatic rings. The van der Waals surface area contributed by atoms with E-state index in [0.29, 0.717) is 6.61 Å². The molecule has 3 saturated heterocycles. The molecule has 4 nitrogen and oxygen atoms in total. The molecule has 3 fully saturated rings. The molecule has 0 saturated carbocycles. The topological polar surface area (TPSA) is 41.6 Å². The predicted octanol–water partition coefficient (Wildman–Crippen LogP) is 2.72. The molecule has 0 spiro atoms. The molecule has 4 rings (SSSR count). The monoisotopic (exact) mass is 328 g/mol. The van der Waals surface area contributed by atoms with Crippen LogP contribution < -0.4 is 5.32 Å². The third-order valence-corrected chi connectivity index (χ3v) is 6.05. The molecular weight excluding hydrogens is 300 g/mol. The number of hydrogen-bond donors (Lipinski definition) is 1. The van der Waals surface area contributed by atoms with Crippen molar-refractivity contribution in [1.82, 2.24) is 10.2 Å². The van der Waals surface area contributed by atoms with Gasteiger partial charge in [0.05, 0.1) is 5.92 Å². The van der Waals surface area contributed by atoms with E-state index < -0.39 is 0 Å². The van der Waals surface area contributed by atoms with Gasteiger partial charge in [-0.2, -0.15) is 0 Å². The minimum absolute atomic E-state index is 0.0103. The number of ether oxygens (including phenoxy) is 1. The van der Waals surface area contributed by atoms with E-state index in [-0.39, 0.29) is 11.9 Å². The van der Waals surface area contributed by atoms with Crippen molar-refractivity contribution >= 4 is 5.97 Å². The Labute approximate surface area is 144 Å². The Morgan fingerprint density at radius 3 is 2.38 bits per heavy atom. The molecule has 130 valence electrons. The third kappa shape index (κ3) is 3.65. The first-order chi connectivity index (χ1) is 11.8. The summed E-state index contributed by atoms with van der Waals surface area (Å²) in [5.41, 5.74) is 1.06. The SMILES string of the molecule is O=C(OCc1ccccc1)C1CCN(C2CC3CCC(C2)N3)CC1. The second-order valence-electron chi connectivity index (χ2n) is 7.67. The van der Waals surface area contributed by atoms with Gasteiger partial charge in [-0.05, 0) is 57.2 Å². The number of fused-ring (bicyclic) bond motifs is 2. The average Bonchev–Trinajstić information content (AvgIpc) is 2.98. The third-order valence-electron chi connectivity index (χ3n) is 6.05. The summed E-state index contributed by atoms with van der Waals surface area (Å²) in [6, 6.07) is 12.1. The Morgan fingerprint density at radius 2 is 1.71 bits per heavy atom. The van der Waals surface area contributed by atoms with Crippen molar-refractivity contribution in [1.29, 1.82) is 0 Å². The lowest BCUT2D eigenvalue weighted by molar-refractivity contribution is -0.151. The van der Waals surface area contributed by atoms with Crippen molar-refractivity contribution in [2.24, 2.45) is 5.92 Å². The zero-order valence-electron chi connectivity index (χ0n) is 14.3. The maximum Gasteiger partial charge on any atom is 0.309 e. The van der Waals surface area contributed by atoms with Crippen LogP contribution >= 0.6 is 0 Å². The van der Waals surface area contributed by atoms with E-state index in [4.69, 9.17) is 4.74 Å². The normalized spacial score (nSPS) is 31.1. The van der Waals surface area contributed by atoms with Crippen molar-refractivity contribution in [3.05, 3.63) is 35.9 Å². The number of rotatable bonds is 4. The minimum Gasteiger partial charge on any atom is -0.461 e. The van der Waals surface area contributed by atoms with Gasteiger partial charge < -0.3 is 15.0 Å². The summed E-state index contributed by atoms with van der Waals surface area (Å²) in [5.74, 6) is 0.0762. The molecule has 0 aliphatic carbocycles. The van der Waals surface area contributed by atoms with Crippen LogP contribution in [0.5, 0.6) is 0 Å². The lowest BCUT2D eigenvalue weighted by atomic mass is 9.92. The van der Waals surface area contributed by atoms with Gasteiger partial charge in [0, 0.05) is 18.1 Å². The van der Waals surface area contributed by atoms with Gasteiger partial charge in [-0.15, -0.1) is 0 Å². The van der Waals surface area contributed by atoms with Gasteiger partial charge in [0.25, 0.3) is 0 Å². The van der Waals surface area contributed by atoms with Gasteiger partial charge >= 0.3 is 5.97 Å². The number of carbonyl (C=O) groups is 1. The summed E-state index contributed by atoms with van der Waals surface area (Å²) in [5, 5.41) is 3.72. The largest absolute Gasteiger partial charge is 0.461 e. The first-order valence-corrected chi connectivity index (χ1v) is 9.48. The summed E-state index contributed by atoms with van der Waals surface area (Å²) in [7, 11) is 0. The van der Waals surface area contributed by atoms with Crippen molar-refractivity contribution in [2.75, 3.05) is 13.1 Å². The van der Waals surface area contributed by atoms with Crippen LogP contribution in [0.15, 0.2) is 30.3 Å². The Kier molecular flexibility index (Phi) is 4.86. The van der Waals surface area contributed by atoms with Gasteiger partial charge in [0.2, 0.25) is 0 Å². The molecule has 1 N–H and O–H groups in total. The van der Waals surface area contributed by atoms with Crippen LogP contribution in [-0.4, -0.2) is 42.1 Å². The Bertz CT molecular complexity index is 542. The fourth-order valence-corrected chi connectivity index (χ4v) is 4.67. The molecule has 2 bridgehead atoms. The van der Waals surface area contributed by atoms with Crippen molar-refractivity contribution in [3.63, 3.8) is 0 Å². The molecule has 3 heterocycles. The van der Waals surface area contributed by atoms with E-state index in [9.17, 15) is 4.79 Å². The molecule has 0 aromatic heterocycles. The second-order valence-corrected chi connectivity index (χ2v) is 7.67. The standard InChI is InChI=1S/C20H28N2O2/c23-20(24-14-15-4-2-1-3-5-15)16-8-10-22(11-9-16)19-12-17-6-7-18(13-19)21-17/h1-5,16-19,21H,6-14H2. The summed E-state index contributed by atoms with van der Waals surface area (Å²) < 4.78 is 5.52. The molecule has 0 radical (unpaired) electrons. The van der Waals surface area contributed by atoms with Crippen molar-refractivity contribution in [2.45, 2.75) is 63.3 Å². The second kappa shape index (κ2) is 7.24. The number of nitrogens with one attached hydrogen (secondary N) is 1. The number of hydrogen-bond acceptors (Lipinski definition) is 4. The molecule has 2 atom stereocenters. The number of benzene rings is 1. The van der Waals surface area contributed by atoms with Gasteiger partial charge in [-0.3, -0.25) is 4.79 Å².